The van der Waals surface area contributed by atoms with Crippen LogP contribution in [0.15, 0.2) is 104 Å². The van der Waals surface area contributed by atoms with Crippen LogP contribution in [0.3, 0.4) is 0 Å². The number of nitrogens with zero attached hydrogens (tertiary/aromatic N) is 3. The minimum absolute atomic E-state index is 0.604. The molecule has 5 heteroatoms. The van der Waals surface area contributed by atoms with Crippen LogP contribution < -0.4 is 16.3 Å². The van der Waals surface area contributed by atoms with Crippen LogP contribution in [0.5, 0.6) is 0 Å². The first-order valence-corrected chi connectivity index (χ1v) is 10.5. The van der Waals surface area contributed by atoms with Crippen LogP contribution in [0.25, 0.3) is 0 Å². The van der Waals surface area contributed by atoms with Crippen LogP contribution in [0, 0.1) is 0 Å². The third-order valence-electron chi connectivity index (χ3n) is 4.45. The first-order valence-electron chi connectivity index (χ1n) is 8.66. The van der Waals surface area contributed by atoms with E-state index in [0.717, 1.165) is 0 Å². The average Bonchev–Trinajstić information content (AvgIpc) is 2.77. The molecule has 0 spiro atoms. The van der Waals surface area contributed by atoms with Gasteiger partial charge < -0.3 is 0 Å². The number of halogens is 1. The summed E-state index contributed by atoms with van der Waals surface area (Å²) >= 11 is 0. The van der Waals surface area contributed by atoms with Gasteiger partial charge in [0.2, 0.25) is 13.2 Å². The highest BCUT2D eigenvalue weighted by atomic mass is 31.2. The highest BCUT2D eigenvalue weighted by molar-refractivity contribution is 7.95. The molecule has 0 fully saturated rings. The minimum atomic E-state index is -2.87. The second kappa shape index (κ2) is 7.73. The fourth-order valence-corrected chi connectivity index (χ4v) is 6.95. The van der Waals surface area contributed by atoms with Crippen LogP contribution in [0.2, 0.25) is 0 Å². The molecule has 27 heavy (non-hydrogen) atoms. The summed E-state index contributed by atoms with van der Waals surface area (Å²) in [7, 11) is -2.87. The van der Waals surface area contributed by atoms with Gasteiger partial charge in [0.05, 0.1) is 0 Å². The lowest BCUT2D eigenvalue weighted by Gasteiger charge is -2.27. The summed E-state index contributed by atoms with van der Waals surface area (Å²) in [6.45, 7) is 0. The van der Waals surface area contributed by atoms with Gasteiger partial charge in [-0.1, -0.05) is 48.5 Å². The van der Waals surface area contributed by atoms with Crippen LogP contribution >= 0.6 is 7.26 Å². The van der Waals surface area contributed by atoms with Gasteiger partial charge in [-0.3, -0.25) is 0 Å². The molecule has 0 saturated heterocycles. The molecule has 0 saturated carbocycles. The van der Waals surface area contributed by atoms with Gasteiger partial charge >= 0.3 is 0 Å². The SMILES string of the molecule is FC(c1ccccc1)[P+](c1ccccn1)(c1ccccn1)c1ccccn1. The van der Waals surface area contributed by atoms with E-state index in [1.165, 1.54) is 0 Å². The van der Waals surface area contributed by atoms with Crippen molar-refractivity contribution in [2.24, 2.45) is 0 Å². The van der Waals surface area contributed by atoms with Crippen LogP contribution in [-0.2, 0) is 0 Å². The Hall–Kier alpha value is -2.97. The van der Waals surface area contributed by atoms with Crippen LogP contribution in [0.1, 0.15) is 11.5 Å². The monoisotopic (exact) mass is 374 g/mol. The van der Waals surface area contributed by atoms with Crippen molar-refractivity contribution >= 4 is 23.6 Å². The van der Waals surface area contributed by atoms with Crippen molar-refractivity contribution < 1.29 is 4.39 Å². The second-order valence-corrected chi connectivity index (χ2v) is 9.31. The highest BCUT2D eigenvalue weighted by Gasteiger charge is 2.58. The number of hydrogen-bond acceptors (Lipinski definition) is 3. The van der Waals surface area contributed by atoms with Crippen molar-refractivity contribution in [3.05, 3.63) is 109 Å². The Bertz CT molecular complexity index is 886. The van der Waals surface area contributed by atoms with Crippen molar-refractivity contribution in [2.45, 2.75) is 5.91 Å². The normalized spacial score (nSPS) is 12.5. The Morgan fingerprint density at radius 3 is 1.33 bits per heavy atom. The van der Waals surface area contributed by atoms with Gasteiger partial charge in [0.1, 0.15) is 0 Å². The lowest BCUT2D eigenvalue weighted by atomic mass is 10.2. The summed E-state index contributed by atoms with van der Waals surface area (Å²) in [6.07, 6.45) is 5.11. The molecule has 132 valence electrons. The molecule has 0 aliphatic heterocycles. The molecule has 1 unspecified atom stereocenters. The number of benzene rings is 1. The molecule has 0 aliphatic carbocycles. The molecule has 3 nitrogen and oxygen atoms in total. The molecular formula is C22H18FN3P+. The van der Waals surface area contributed by atoms with E-state index in [9.17, 15) is 0 Å². The van der Waals surface area contributed by atoms with Crippen LogP contribution in [-0.4, -0.2) is 15.0 Å². The zero-order valence-electron chi connectivity index (χ0n) is 14.6. The van der Waals surface area contributed by atoms with Crippen molar-refractivity contribution in [1.82, 2.24) is 15.0 Å². The van der Waals surface area contributed by atoms with Crippen molar-refractivity contribution in [3.8, 4) is 0 Å². The molecule has 4 aromatic rings. The minimum Gasteiger partial charge on any atom is -0.221 e. The Morgan fingerprint density at radius 2 is 0.963 bits per heavy atom. The number of rotatable bonds is 5. The average molecular weight is 374 g/mol. The van der Waals surface area contributed by atoms with E-state index < -0.39 is 13.2 Å². The molecular weight excluding hydrogens is 356 g/mol. The van der Waals surface area contributed by atoms with Gasteiger partial charge in [0.15, 0.2) is 16.3 Å². The molecule has 3 heterocycles. The highest BCUT2D eigenvalue weighted by Crippen LogP contribution is 2.66. The van der Waals surface area contributed by atoms with Gasteiger partial charge in [-0.15, -0.1) is 0 Å². The zero-order valence-corrected chi connectivity index (χ0v) is 15.5. The van der Waals surface area contributed by atoms with E-state index in [1.807, 2.05) is 84.9 Å². The predicted octanol–water partition coefficient (Wildman–Crippen LogP) is 3.83. The van der Waals surface area contributed by atoms with E-state index in [-0.39, 0.29) is 0 Å². The molecule has 0 radical (unpaired) electrons. The summed E-state index contributed by atoms with van der Waals surface area (Å²) in [5, 5.41) is 0. The van der Waals surface area contributed by atoms with Gasteiger partial charge in [0.25, 0.3) is 0 Å². The fraction of sp³-hybridized carbons (Fsp3) is 0.0455. The van der Waals surface area contributed by atoms with Crippen molar-refractivity contribution in [1.29, 1.82) is 0 Å². The van der Waals surface area contributed by atoms with E-state index in [4.69, 9.17) is 0 Å². The zero-order chi connectivity index (χ0) is 18.5. The molecule has 0 amide bonds. The van der Waals surface area contributed by atoms with Gasteiger partial charge in [0, 0.05) is 42.4 Å². The lowest BCUT2D eigenvalue weighted by molar-refractivity contribution is 0.461. The van der Waals surface area contributed by atoms with Crippen molar-refractivity contribution in [2.75, 3.05) is 0 Å². The summed E-state index contributed by atoms with van der Waals surface area (Å²) in [5.74, 6) is -1.31. The fourth-order valence-electron chi connectivity index (χ4n) is 3.22. The first-order chi connectivity index (χ1) is 13.3. The molecule has 4 rings (SSSR count). The third-order valence-corrected chi connectivity index (χ3v) is 8.39. The van der Waals surface area contributed by atoms with E-state index in [0.29, 0.717) is 21.9 Å². The third kappa shape index (κ3) is 3.13. The molecule has 0 N–H and O–H groups in total. The topological polar surface area (TPSA) is 38.7 Å². The summed E-state index contributed by atoms with van der Waals surface area (Å²) < 4.78 is 16.4. The molecule has 1 atom stereocenters. The van der Waals surface area contributed by atoms with E-state index in [2.05, 4.69) is 15.0 Å². The molecule has 1 aromatic carbocycles. The molecule has 3 aromatic heterocycles. The van der Waals surface area contributed by atoms with Crippen molar-refractivity contribution in [3.63, 3.8) is 0 Å². The smallest absolute Gasteiger partial charge is 0.221 e. The Morgan fingerprint density at radius 1 is 0.556 bits per heavy atom. The number of hydrogen-bond donors (Lipinski definition) is 0. The van der Waals surface area contributed by atoms with Crippen LogP contribution in [0.4, 0.5) is 4.39 Å². The maximum absolute atomic E-state index is 16.4. The largest absolute Gasteiger partial charge is 0.249 e. The van der Waals surface area contributed by atoms with E-state index in [1.54, 1.807) is 18.6 Å². The second-order valence-electron chi connectivity index (χ2n) is 6.03. The number of pyridine rings is 3. The summed E-state index contributed by atoms with van der Waals surface area (Å²) in [5.41, 5.74) is 2.64. The molecule has 0 aliphatic rings. The molecule has 0 bridgehead atoms. The summed E-state index contributed by atoms with van der Waals surface area (Å²) in [6, 6.07) is 26.0. The quantitative estimate of drug-likeness (QED) is 0.499. The van der Waals surface area contributed by atoms with Gasteiger partial charge in [-0.05, 0) is 18.2 Å². The Balaban J connectivity index is 2.07. The van der Waals surface area contributed by atoms with E-state index >= 15 is 4.39 Å². The summed E-state index contributed by atoms with van der Waals surface area (Å²) in [4.78, 5) is 13.7. The maximum atomic E-state index is 16.4. The Kier molecular flexibility index (Phi) is 4.99. The van der Waals surface area contributed by atoms with Gasteiger partial charge in [-0.25, -0.2) is 15.0 Å². The first kappa shape index (κ1) is 17.4. The number of aromatic nitrogens is 3. The predicted molar refractivity (Wildman–Crippen MR) is 109 cm³/mol. The lowest BCUT2D eigenvalue weighted by Crippen LogP contribution is -2.38. The maximum Gasteiger partial charge on any atom is 0.249 e. The Labute approximate surface area is 158 Å². The standard InChI is InChI=1S/C22H18FN3P/c23-22(18-10-2-1-3-11-18)27(19-12-4-7-15-24-19,20-13-5-8-16-25-20)21-14-6-9-17-26-21/h1-17,22H/q+1. The van der Waals surface area contributed by atoms with Gasteiger partial charge in [-0.2, -0.15) is 4.39 Å². The number of alkyl halides is 1.